The number of carbonyl (C=O) groups excluding carboxylic acids is 1. The van der Waals surface area contributed by atoms with Crippen LogP contribution in [0.4, 0.5) is 4.39 Å². The lowest BCUT2D eigenvalue weighted by Crippen LogP contribution is -2.44. The van der Waals surface area contributed by atoms with E-state index in [1.54, 1.807) is 12.1 Å². The molecule has 2 fully saturated rings. The average molecular weight is 333 g/mol. The van der Waals surface area contributed by atoms with Crippen LogP contribution < -0.4 is 5.32 Å². The van der Waals surface area contributed by atoms with Crippen molar-refractivity contribution in [3.63, 3.8) is 0 Å². The molecule has 0 unspecified atom stereocenters. The summed E-state index contributed by atoms with van der Waals surface area (Å²) in [7, 11) is 2.17. The van der Waals surface area contributed by atoms with Gasteiger partial charge >= 0.3 is 0 Å². The van der Waals surface area contributed by atoms with Crippen LogP contribution in [0.25, 0.3) is 0 Å². The van der Waals surface area contributed by atoms with E-state index >= 15 is 0 Å². The fourth-order valence-electron chi connectivity index (χ4n) is 3.44. The number of likely N-dealkylation sites (N-methyl/N-ethyl adjacent to an activating group) is 1. The molecule has 1 aromatic rings. The van der Waals surface area contributed by atoms with Crippen LogP contribution in [0.1, 0.15) is 31.2 Å². The maximum atomic E-state index is 13.1. The minimum atomic E-state index is -0.398. The van der Waals surface area contributed by atoms with Crippen molar-refractivity contribution in [3.05, 3.63) is 35.6 Å². The van der Waals surface area contributed by atoms with Gasteiger partial charge < -0.3 is 15.1 Å². The summed E-state index contributed by atoms with van der Waals surface area (Å²) in [5.41, 5.74) is 0.546. The van der Waals surface area contributed by atoms with Gasteiger partial charge in [-0.05, 0) is 57.0 Å². The molecule has 1 aliphatic heterocycles. The van der Waals surface area contributed by atoms with E-state index in [0.29, 0.717) is 0 Å². The van der Waals surface area contributed by atoms with Crippen molar-refractivity contribution in [3.8, 4) is 0 Å². The van der Waals surface area contributed by atoms with Gasteiger partial charge in [-0.2, -0.15) is 0 Å². The number of hydrogen-bond donors (Lipinski definition) is 1. The normalized spacial score (nSPS) is 20.8. The number of carbonyl (C=O) groups is 1. The second-order valence-electron chi connectivity index (χ2n) is 7.20. The zero-order valence-electron chi connectivity index (χ0n) is 14.6. The molecule has 24 heavy (non-hydrogen) atoms. The molecule has 1 heterocycles. The van der Waals surface area contributed by atoms with Gasteiger partial charge in [0.05, 0.1) is 5.41 Å². The van der Waals surface area contributed by atoms with Gasteiger partial charge in [-0.3, -0.25) is 4.79 Å². The molecule has 1 amide bonds. The van der Waals surface area contributed by atoms with Crippen LogP contribution in [0.5, 0.6) is 0 Å². The van der Waals surface area contributed by atoms with E-state index in [9.17, 15) is 9.18 Å². The van der Waals surface area contributed by atoms with Crippen molar-refractivity contribution in [1.29, 1.82) is 0 Å². The predicted molar refractivity (Wildman–Crippen MR) is 93.5 cm³/mol. The van der Waals surface area contributed by atoms with Gasteiger partial charge in [0, 0.05) is 32.7 Å². The Balaban J connectivity index is 1.36. The monoisotopic (exact) mass is 333 g/mol. The Kier molecular flexibility index (Phi) is 5.51. The molecule has 0 radical (unpaired) electrons. The Morgan fingerprint density at radius 2 is 1.79 bits per heavy atom. The topological polar surface area (TPSA) is 35.6 Å². The number of rotatable bonds is 7. The maximum absolute atomic E-state index is 13.1. The highest BCUT2D eigenvalue weighted by Crippen LogP contribution is 2.48. The van der Waals surface area contributed by atoms with Crippen molar-refractivity contribution >= 4 is 5.91 Å². The average Bonchev–Trinajstić information content (AvgIpc) is 3.38. The van der Waals surface area contributed by atoms with E-state index < -0.39 is 5.41 Å². The number of halogens is 1. The van der Waals surface area contributed by atoms with E-state index in [4.69, 9.17) is 0 Å². The number of benzene rings is 1. The zero-order valence-corrected chi connectivity index (χ0v) is 14.6. The van der Waals surface area contributed by atoms with Crippen LogP contribution in [0.3, 0.4) is 0 Å². The van der Waals surface area contributed by atoms with Crippen LogP contribution >= 0.6 is 0 Å². The van der Waals surface area contributed by atoms with Crippen LogP contribution in [-0.2, 0) is 10.2 Å². The molecule has 1 saturated carbocycles. The molecule has 132 valence electrons. The van der Waals surface area contributed by atoms with E-state index in [1.807, 2.05) is 0 Å². The number of amides is 1. The third kappa shape index (κ3) is 4.14. The number of nitrogens with zero attached hydrogens (tertiary/aromatic N) is 2. The van der Waals surface area contributed by atoms with Crippen molar-refractivity contribution in [2.45, 2.75) is 31.1 Å². The molecule has 1 aliphatic carbocycles. The van der Waals surface area contributed by atoms with Gasteiger partial charge in [0.2, 0.25) is 5.91 Å². The summed E-state index contributed by atoms with van der Waals surface area (Å²) in [6.07, 6.45) is 3.86. The molecule has 4 nitrogen and oxygen atoms in total. The summed E-state index contributed by atoms with van der Waals surface area (Å²) < 4.78 is 13.1. The quantitative estimate of drug-likeness (QED) is 0.775. The zero-order chi connectivity index (χ0) is 17.0. The molecule has 0 atom stereocenters. The first-order chi connectivity index (χ1) is 11.6. The van der Waals surface area contributed by atoms with Crippen LogP contribution in [-0.4, -0.2) is 62.0 Å². The Morgan fingerprint density at radius 3 is 2.42 bits per heavy atom. The highest BCUT2D eigenvalue weighted by molar-refractivity contribution is 5.91. The third-order valence-corrected chi connectivity index (χ3v) is 5.36. The lowest BCUT2D eigenvalue weighted by molar-refractivity contribution is -0.123. The number of unbranched alkanes of at least 4 members (excludes halogenated alkanes) is 1. The van der Waals surface area contributed by atoms with Gasteiger partial charge in [0.1, 0.15) is 5.82 Å². The van der Waals surface area contributed by atoms with Crippen molar-refractivity contribution in [1.82, 2.24) is 15.1 Å². The van der Waals surface area contributed by atoms with Crippen molar-refractivity contribution < 1.29 is 9.18 Å². The van der Waals surface area contributed by atoms with Crippen LogP contribution in [0.2, 0.25) is 0 Å². The minimum absolute atomic E-state index is 0.105. The van der Waals surface area contributed by atoms with E-state index in [0.717, 1.165) is 70.5 Å². The van der Waals surface area contributed by atoms with Gasteiger partial charge in [-0.25, -0.2) is 4.39 Å². The van der Waals surface area contributed by atoms with E-state index in [2.05, 4.69) is 22.2 Å². The Hall–Kier alpha value is -1.46. The van der Waals surface area contributed by atoms with Crippen LogP contribution in [0, 0.1) is 5.82 Å². The number of nitrogens with one attached hydrogen (secondary N) is 1. The molecular formula is C19H28FN3O. The molecule has 0 aromatic heterocycles. The van der Waals surface area contributed by atoms with Gasteiger partial charge in [-0.15, -0.1) is 0 Å². The summed E-state index contributed by atoms with van der Waals surface area (Å²) in [6.45, 7) is 6.45. The number of hydrogen-bond acceptors (Lipinski definition) is 3. The smallest absolute Gasteiger partial charge is 0.230 e. The Morgan fingerprint density at radius 1 is 1.12 bits per heavy atom. The molecular weight excluding hydrogens is 305 g/mol. The summed E-state index contributed by atoms with van der Waals surface area (Å²) in [4.78, 5) is 17.4. The first-order valence-corrected chi connectivity index (χ1v) is 9.05. The van der Waals surface area contributed by atoms with Gasteiger partial charge in [-0.1, -0.05) is 12.1 Å². The van der Waals surface area contributed by atoms with E-state index in [1.165, 1.54) is 12.1 Å². The Bertz CT molecular complexity index is 548. The first-order valence-electron chi connectivity index (χ1n) is 9.05. The lowest BCUT2D eigenvalue weighted by atomic mass is 9.95. The lowest BCUT2D eigenvalue weighted by Gasteiger charge is -2.32. The minimum Gasteiger partial charge on any atom is -0.355 e. The molecule has 0 spiro atoms. The third-order valence-electron chi connectivity index (χ3n) is 5.36. The second kappa shape index (κ2) is 7.62. The molecule has 1 saturated heterocycles. The highest BCUT2D eigenvalue weighted by Gasteiger charge is 2.50. The molecule has 1 aromatic carbocycles. The van der Waals surface area contributed by atoms with E-state index in [-0.39, 0.29) is 11.7 Å². The summed E-state index contributed by atoms with van der Waals surface area (Å²) in [6, 6.07) is 6.38. The molecule has 5 heteroatoms. The molecule has 0 bridgehead atoms. The van der Waals surface area contributed by atoms with Gasteiger partial charge in [0.15, 0.2) is 0 Å². The fourth-order valence-corrected chi connectivity index (χ4v) is 3.44. The van der Waals surface area contributed by atoms with Crippen molar-refractivity contribution in [2.24, 2.45) is 0 Å². The largest absolute Gasteiger partial charge is 0.355 e. The SMILES string of the molecule is CN1CCN(CCCCNC(=O)C2(c3ccc(F)cc3)CC2)CC1. The standard InChI is InChI=1S/C19H28FN3O/c1-22-12-14-23(15-13-22)11-3-2-10-21-18(24)19(8-9-19)16-4-6-17(20)7-5-16/h4-7H,2-3,8-15H2,1H3,(H,21,24). The molecule has 1 N–H and O–H groups in total. The molecule has 3 rings (SSSR count). The Labute approximate surface area is 144 Å². The fraction of sp³-hybridized carbons (Fsp3) is 0.632. The van der Waals surface area contributed by atoms with Gasteiger partial charge in [0.25, 0.3) is 0 Å². The summed E-state index contributed by atoms with van der Waals surface area (Å²) in [5.74, 6) is -0.146. The molecule has 2 aliphatic rings. The van der Waals surface area contributed by atoms with Crippen LogP contribution in [0.15, 0.2) is 24.3 Å². The summed E-state index contributed by atoms with van der Waals surface area (Å²) in [5, 5.41) is 3.08. The number of piperazine rings is 1. The van der Waals surface area contributed by atoms with Crippen molar-refractivity contribution in [2.75, 3.05) is 46.3 Å². The first kappa shape index (κ1) is 17.4. The second-order valence-corrected chi connectivity index (χ2v) is 7.20. The highest BCUT2D eigenvalue weighted by atomic mass is 19.1. The summed E-state index contributed by atoms with van der Waals surface area (Å²) >= 11 is 0. The maximum Gasteiger partial charge on any atom is 0.230 e. The predicted octanol–water partition coefficient (Wildman–Crippen LogP) is 2.00.